The molecule has 0 fully saturated rings. The summed E-state index contributed by atoms with van der Waals surface area (Å²) >= 11 is 1.07. The summed E-state index contributed by atoms with van der Waals surface area (Å²) in [5.74, 6) is -1.60. The van der Waals surface area contributed by atoms with Crippen molar-refractivity contribution in [3.8, 4) is 0 Å². The van der Waals surface area contributed by atoms with Crippen LogP contribution in [0.3, 0.4) is 0 Å². The third kappa shape index (κ3) is 2.83. The van der Waals surface area contributed by atoms with Crippen LogP contribution in [0.2, 0.25) is 0 Å². The van der Waals surface area contributed by atoms with Crippen LogP contribution in [0.5, 0.6) is 0 Å². The van der Waals surface area contributed by atoms with Gasteiger partial charge in [-0.25, -0.2) is 12.8 Å². The molecule has 1 aromatic heterocycles. The Hall–Kier alpha value is -1.53. The summed E-state index contributed by atoms with van der Waals surface area (Å²) in [6, 6.07) is 7.89. The normalized spacial score (nSPS) is 11.4. The van der Waals surface area contributed by atoms with Crippen molar-refractivity contribution in [2.75, 3.05) is 5.75 Å². The second-order valence-electron chi connectivity index (χ2n) is 3.62. The van der Waals surface area contributed by atoms with Crippen molar-refractivity contribution in [1.82, 2.24) is 0 Å². The summed E-state index contributed by atoms with van der Waals surface area (Å²) in [4.78, 5) is 11.8. The molecule has 2 rings (SSSR count). The largest absolute Gasteiger partial charge is 0.293 e. The van der Waals surface area contributed by atoms with Gasteiger partial charge in [0, 0.05) is 5.56 Å². The van der Waals surface area contributed by atoms with Crippen LogP contribution >= 0.6 is 11.3 Å². The fraction of sp³-hybridized carbons (Fsp3) is 0.0833. The van der Waals surface area contributed by atoms with Crippen LogP contribution in [0.1, 0.15) is 10.4 Å². The van der Waals surface area contributed by atoms with E-state index in [-0.39, 0.29) is 9.77 Å². The first kappa shape index (κ1) is 12.9. The van der Waals surface area contributed by atoms with Gasteiger partial charge < -0.3 is 0 Å². The molecule has 6 heteroatoms. The number of rotatable bonds is 4. The number of Topliss-reactive ketones (excluding diaryl/α,β-unsaturated/α-hetero) is 1. The first-order chi connectivity index (χ1) is 8.49. The zero-order chi connectivity index (χ0) is 13.2. The molecular weight excluding hydrogens is 275 g/mol. The number of carbonyl (C=O) groups excluding carboxylic acids is 1. The molecule has 2 aromatic rings. The van der Waals surface area contributed by atoms with Gasteiger partial charge in [0.15, 0.2) is 15.6 Å². The maximum atomic E-state index is 12.7. The number of benzene rings is 1. The molecule has 0 saturated carbocycles. The first-order valence-corrected chi connectivity index (χ1v) is 7.57. The SMILES string of the molecule is O=C(CS(=O)(=O)c1cccs1)c1ccc(F)cc1. The third-order valence-electron chi connectivity index (χ3n) is 2.29. The van der Waals surface area contributed by atoms with Gasteiger partial charge in [0.05, 0.1) is 0 Å². The topological polar surface area (TPSA) is 51.2 Å². The summed E-state index contributed by atoms with van der Waals surface area (Å²) in [6.45, 7) is 0. The smallest absolute Gasteiger partial charge is 0.195 e. The highest BCUT2D eigenvalue weighted by molar-refractivity contribution is 7.94. The Morgan fingerprint density at radius 1 is 1.17 bits per heavy atom. The molecular formula is C12H9FO3S2. The fourth-order valence-electron chi connectivity index (χ4n) is 1.40. The zero-order valence-corrected chi connectivity index (χ0v) is 10.8. The Bertz CT molecular complexity index is 643. The lowest BCUT2D eigenvalue weighted by Gasteiger charge is -2.01. The van der Waals surface area contributed by atoms with Gasteiger partial charge in [0.1, 0.15) is 15.8 Å². The number of thiophene rings is 1. The number of hydrogen-bond acceptors (Lipinski definition) is 4. The summed E-state index contributed by atoms with van der Waals surface area (Å²) in [5.41, 5.74) is 0.191. The van der Waals surface area contributed by atoms with Gasteiger partial charge >= 0.3 is 0 Å². The van der Waals surface area contributed by atoms with Crippen molar-refractivity contribution >= 4 is 27.0 Å². The molecule has 18 heavy (non-hydrogen) atoms. The van der Waals surface area contributed by atoms with Crippen LogP contribution in [0, 0.1) is 5.82 Å². The highest BCUT2D eigenvalue weighted by atomic mass is 32.2. The lowest BCUT2D eigenvalue weighted by Crippen LogP contribution is -2.15. The van der Waals surface area contributed by atoms with Crippen molar-refractivity contribution in [2.45, 2.75) is 4.21 Å². The predicted octanol–water partition coefficient (Wildman–Crippen LogP) is 2.54. The molecule has 0 atom stereocenters. The minimum absolute atomic E-state index is 0.165. The second-order valence-corrected chi connectivity index (χ2v) is 6.79. The molecule has 0 amide bonds. The third-order valence-corrected chi connectivity index (χ3v) is 5.39. The molecule has 0 aliphatic rings. The highest BCUT2D eigenvalue weighted by Crippen LogP contribution is 2.18. The highest BCUT2D eigenvalue weighted by Gasteiger charge is 2.21. The Labute approximate surface area is 108 Å². The van der Waals surface area contributed by atoms with Gasteiger partial charge in [0.25, 0.3) is 0 Å². The molecule has 0 aliphatic carbocycles. The fourth-order valence-corrected chi connectivity index (χ4v) is 3.72. The van der Waals surface area contributed by atoms with Gasteiger partial charge in [-0.05, 0) is 35.7 Å². The maximum absolute atomic E-state index is 12.7. The Kier molecular flexibility index (Phi) is 3.58. The molecule has 3 nitrogen and oxygen atoms in total. The Morgan fingerprint density at radius 3 is 2.39 bits per heavy atom. The van der Waals surface area contributed by atoms with E-state index in [1.165, 1.54) is 18.2 Å². The summed E-state index contributed by atoms with van der Waals surface area (Å²) < 4.78 is 36.6. The molecule has 0 radical (unpaired) electrons. The standard InChI is InChI=1S/C12H9FO3S2/c13-10-5-3-9(4-6-10)11(14)8-18(15,16)12-2-1-7-17-12/h1-7H,8H2. The van der Waals surface area contributed by atoms with Gasteiger partial charge in [-0.1, -0.05) is 6.07 Å². The Morgan fingerprint density at radius 2 is 1.83 bits per heavy atom. The van der Waals surface area contributed by atoms with Crippen LogP contribution in [0.4, 0.5) is 4.39 Å². The average molecular weight is 284 g/mol. The van der Waals surface area contributed by atoms with Crippen molar-refractivity contribution in [1.29, 1.82) is 0 Å². The molecule has 0 N–H and O–H groups in total. The number of ketones is 1. The van der Waals surface area contributed by atoms with Crippen molar-refractivity contribution in [2.24, 2.45) is 0 Å². The van der Waals surface area contributed by atoms with Crippen LogP contribution < -0.4 is 0 Å². The predicted molar refractivity (Wildman–Crippen MR) is 67.1 cm³/mol. The molecule has 1 heterocycles. The molecule has 0 unspecified atom stereocenters. The average Bonchev–Trinajstić information content (AvgIpc) is 2.83. The van der Waals surface area contributed by atoms with Gasteiger partial charge in [-0.2, -0.15) is 0 Å². The van der Waals surface area contributed by atoms with Crippen molar-refractivity contribution in [3.05, 3.63) is 53.2 Å². The van der Waals surface area contributed by atoms with E-state index in [9.17, 15) is 17.6 Å². The molecule has 1 aromatic carbocycles. The van der Waals surface area contributed by atoms with Crippen LogP contribution in [-0.2, 0) is 9.84 Å². The van der Waals surface area contributed by atoms with Crippen molar-refractivity contribution in [3.63, 3.8) is 0 Å². The lowest BCUT2D eigenvalue weighted by atomic mass is 10.1. The minimum atomic E-state index is -3.60. The van der Waals surface area contributed by atoms with E-state index in [1.807, 2.05) is 0 Å². The molecule has 0 aliphatic heterocycles. The summed E-state index contributed by atoms with van der Waals surface area (Å²) in [5, 5.41) is 1.63. The van der Waals surface area contributed by atoms with Crippen LogP contribution in [0.15, 0.2) is 46.0 Å². The monoisotopic (exact) mass is 284 g/mol. The van der Waals surface area contributed by atoms with E-state index in [0.717, 1.165) is 23.5 Å². The van der Waals surface area contributed by atoms with E-state index in [2.05, 4.69) is 0 Å². The summed E-state index contributed by atoms with van der Waals surface area (Å²) in [7, 11) is -3.60. The summed E-state index contributed by atoms with van der Waals surface area (Å²) in [6.07, 6.45) is 0. The van der Waals surface area contributed by atoms with Crippen molar-refractivity contribution < 1.29 is 17.6 Å². The number of carbonyl (C=O) groups is 1. The number of hydrogen-bond donors (Lipinski definition) is 0. The molecule has 0 bridgehead atoms. The zero-order valence-electron chi connectivity index (χ0n) is 9.17. The van der Waals surface area contributed by atoms with Crippen LogP contribution in [-0.4, -0.2) is 20.0 Å². The number of halogens is 1. The van der Waals surface area contributed by atoms with E-state index >= 15 is 0 Å². The van der Waals surface area contributed by atoms with Gasteiger partial charge in [-0.3, -0.25) is 4.79 Å². The van der Waals surface area contributed by atoms with Crippen LogP contribution in [0.25, 0.3) is 0 Å². The lowest BCUT2D eigenvalue weighted by molar-refractivity contribution is 0.102. The number of sulfone groups is 1. The van der Waals surface area contributed by atoms with E-state index in [4.69, 9.17) is 0 Å². The van der Waals surface area contributed by atoms with Gasteiger partial charge in [0.2, 0.25) is 0 Å². The first-order valence-electron chi connectivity index (χ1n) is 5.04. The van der Waals surface area contributed by atoms with Gasteiger partial charge in [-0.15, -0.1) is 11.3 Å². The second kappa shape index (κ2) is 4.99. The maximum Gasteiger partial charge on any atom is 0.195 e. The van der Waals surface area contributed by atoms with E-state index in [0.29, 0.717) is 0 Å². The molecule has 0 spiro atoms. The Balaban J connectivity index is 2.20. The quantitative estimate of drug-likeness (QED) is 0.811. The minimum Gasteiger partial charge on any atom is -0.293 e. The molecule has 94 valence electrons. The van der Waals surface area contributed by atoms with E-state index in [1.54, 1.807) is 11.4 Å². The van der Waals surface area contributed by atoms with E-state index < -0.39 is 27.2 Å². The molecule has 0 saturated heterocycles.